The molecule has 0 spiro atoms. The maximum atomic E-state index is 5.97. The van der Waals surface area contributed by atoms with Crippen LogP contribution in [0.4, 0.5) is 0 Å². The summed E-state index contributed by atoms with van der Waals surface area (Å²) in [7, 11) is 6.76. The van der Waals surface area contributed by atoms with Crippen LogP contribution in [0.5, 0.6) is 23.0 Å². The highest BCUT2D eigenvalue weighted by atomic mass is 32.2. The second kappa shape index (κ2) is 11.2. The molecule has 0 aromatic heterocycles. The van der Waals surface area contributed by atoms with E-state index in [2.05, 4.69) is 32.9 Å². The minimum Gasteiger partial charge on any atom is -0.496 e. The maximum Gasteiger partial charge on any atom is 0.135 e. The Hall–Kier alpha value is -2.01. The van der Waals surface area contributed by atoms with Crippen molar-refractivity contribution in [2.24, 2.45) is 0 Å². The van der Waals surface area contributed by atoms with E-state index < -0.39 is 0 Å². The smallest absolute Gasteiger partial charge is 0.135 e. The summed E-state index contributed by atoms with van der Waals surface area (Å²) in [5.74, 6) is 4.19. The summed E-state index contributed by atoms with van der Waals surface area (Å²) in [6.45, 7) is 6.50. The number of allylic oxidation sites excluding steroid dienone is 2. The molecule has 0 bridgehead atoms. The molecule has 0 aliphatic heterocycles. The third-order valence-electron chi connectivity index (χ3n) is 4.92. The zero-order chi connectivity index (χ0) is 21.4. The average Bonchev–Trinajstić information content (AvgIpc) is 2.73. The van der Waals surface area contributed by atoms with Crippen LogP contribution in [0.25, 0.3) is 10.8 Å². The minimum atomic E-state index is 0.264. The van der Waals surface area contributed by atoms with Crippen LogP contribution in [-0.4, -0.2) is 34.2 Å². The van der Waals surface area contributed by atoms with Gasteiger partial charge in [0, 0.05) is 10.8 Å². The first-order valence-electron chi connectivity index (χ1n) is 10.1. The van der Waals surface area contributed by atoms with Gasteiger partial charge in [-0.15, -0.1) is 0 Å². The molecule has 1 atom stereocenters. The van der Waals surface area contributed by atoms with Crippen molar-refractivity contribution < 1.29 is 18.9 Å². The van der Waals surface area contributed by atoms with Gasteiger partial charge >= 0.3 is 0 Å². The molecular formula is C24H34O4S. The van der Waals surface area contributed by atoms with E-state index in [-0.39, 0.29) is 5.25 Å². The Morgan fingerprint density at radius 3 is 2.07 bits per heavy atom. The lowest BCUT2D eigenvalue weighted by molar-refractivity contribution is 0.389. The van der Waals surface area contributed by atoms with Gasteiger partial charge in [0.15, 0.2) is 0 Å². The van der Waals surface area contributed by atoms with Crippen LogP contribution in [0.3, 0.4) is 0 Å². The average molecular weight is 419 g/mol. The topological polar surface area (TPSA) is 36.9 Å². The molecule has 29 heavy (non-hydrogen) atoms. The largest absolute Gasteiger partial charge is 0.496 e. The standard InChI is InChI=1S/C24H34O4S/c1-8-9-14-29-21(13-10-16(2)3)17-15-20(27-6)22-18(25-4)11-12-19(26-5)23(22)24(17)28-7/h10-12,15,21H,8-9,13-14H2,1-7H3. The van der Waals surface area contributed by atoms with Gasteiger partial charge in [0.2, 0.25) is 0 Å². The highest BCUT2D eigenvalue weighted by molar-refractivity contribution is 7.99. The summed E-state index contributed by atoms with van der Waals surface area (Å²) >= 11 is 1.97. The molecule has 0 N–H and O–H groups in total. The van der Waals surface area contributed by atoms with E-state index in [0.29, 0.717) is 0 Å². The van der Waals surface area contributed by atoms with E-state index in [9.17, 15) is 0 Å². The van der Waals surface area contributed by atoms with Gasteiger partial charge in [-0.2, -0.15) is 11.8 Å². The molecule has 0 saturated heterocycles. The summed E-state index contributed by atoms with van der Waals surface area (Å²) in [5.41, 5.74) is 2.44. The van der Waals surface area contributed by atoms with Gasteiger partial charge in [0.1, 0.15) is 23.0 Å². The fourth-order valence-corrected chi connectivity index (χ4v) is 4.74. The fourth-order valence-electron chi connectivity index (χ4n) is 3.42. The minimum absolute atomic E-state index is 0.264. The highest BCUT2D eigenvalue weighted by Gasteiger charge is 2.25. The quantitative estimate of drug-likeness (QED) is 0.296. The first-order chi connectivity index (χ1) is 14.0. The third kappa shape index (κ3) is 5.33. The summed E-state index contributed by atoms with van der Waals surface area (Å²) in [5, 5.41) is 2.03. The number of thioether (sulfide) groups is 1. The Morgan fingerprint density at radius 1 is 0.931 bits per heavy atom. The van der Waals surface area contributed by atoms with E-state index in [1.54, 1.807) is 28.4 Å². The Kier molecular flexibility index (Phi) is 9.02. The summed E-state index contributed by atoms with van der Waals surface area (Å²) in [6.07, 6.45) is 5.61. The summed E-state index contributed by atoms with van der Waals surface area (Å²) in [6, 6.07) is 5.92. The van der Waals surface area contributed by atoms with Gasteiger partial charge in [-0.05, 0) is 50.6 Å². The van der Waals surface area contributed by atoms with Crippen molar-refractivity contribution in [3.05, 3.63) is 35.4 Å². The first kappa shape index (κ1) is 23.3. The molecule has 0 saturated carbocycles. The maximum absolute atomic E-state index is 5.97. The van der Waals surface area contributed by atoms with Gasteiger partial charge in [0.05, 0.1) is 39.2 Å². The highest BCUT2D eigenvalue weighted by Crippen LogP contribution is 2.50. The number of hydrogen-bond acceptors (Lipinski definition) is 5. The van der Waals surface area contributed by atoms with Crippen LogP contribution in [-0.2, 0) is 0 Å². The second-order valence-corrected chi connectivity index (χ2v) is 8.46. The fraction of sp³-hybridized carbons (Fsp3) is 0.500. The lowest BCUT2D eigenvalue weighted by Crippen LogP contribution is -2.03. The number of ether oxygens (including phenoxy) is 4. The molecule has 0 aliphatic rings. The van der Waals surface area contributed by atoms with Crippen LogP contribution in [0.2, 0.25) is 0 Å². The lowest BCUT2D eigenvalue weighted by atomic mass is 9.98. The third-order valence-corrected chi connectivity index (χ3v) is 6.29. The van der Waals surface area contributed by atoms with Crippen LogP contribution in [0.15, 0.2) is 29.8 Å². The molecule has 2 aromatic carbocycles. The first-order valence-corrected chi connectivity index (χ1v) is 11.1. The van der Waals surface area contributed by atoms with E-state index in [4.69, 9.17) is 18.9 Å². The predicted octanol–water partition coefficient (Wildman–Crippen LogP) is 6.80. The monoisotopic (exact) mass is 418 g/mol. The van der Waals surface area contributed by atoms with Gasteiger partial charge in [-0.3, -0.25) is 0 Å². The normalized spacial score (nSPS) is 11.8. The van der Waals surface area contributed by atoms with Crippen molar-refractivity contribution in [2.45, 2.75) is 45.3 Å². The van der Waals surface area contributed by atoms with Gasteiger partial charge in [-0.1, -0.05) is 25.0 Å². The van der Waals surface area contributed by atoms with Crippen LogP contribution < -0.4 is 18.9 Å². The van der Waals surface area contributed by atoms with Crippen molar-refractivity contribution in [1.29, 1.82) is 0 Å². The van der Waals surface area contributed by atoms with Gasteiger partial charge in [-0.25, -0.2) is 0 Å². The number of fused-ring (bicyclic) bond motifs is 1. The summed E-state index contributed by atoms with van der Waals surface area (Å²) < 4.78 is 23.1. The Balaban J connectivity index is 2.77. The van der Waals surface area contributed by atoms with E-state index in [0.717, 1.165) is 51.5 Å². The Morgan fingerprint density at radius 2 is 1.55 bits per heavy atom. The molecule has 5 heteroatoms. The van der Waals surface area contributed by atoms with Crippen LogP contribution in [0.1, 0.15) is 50.8 Å². The summed E-state index contributed by atoms with van der Waals surface area (Å²) in [4.78, 5) is 0. The predicted molar refractivity (Wildman–Crippen MR) is 124 cm³/mol. The molecule has 1 unspecified atom stereocenters. The molecule has 0 aliphatic carbocycles. The van der Waals surface area contributed by atoms with Crippen molar-refractivity contribution >= 4 is 22.5 Å². The van der Waals surface area contributed by atoms with Crippen LogP contribution >= 0.6 is 11.8 Å². The van der Waals surface area contributed by atoms with E-state index >= 15 is 0 Å². The molecule has 0 radical (unpaired) electrons. The second-order valence-electron chi connectivity index (χ2n) is 7.15. The van der Waals surface area contributed by atoms with Crippen molar-refractivity contribution in [2.75, 3.05) is 34.2 Å². The Labute approximate surface area is 179 Å². The number of hydrogen-bond donors (Lipinski definition) is 0. The van der Waals surface area contributed by atoms with Gasteiger partial charge < -0.3 is 18.9 Å². The molecule has 4 nitrogen and oxygen atoms in total. The molecule has 0 heterocycles. The molecule has 0 amide bonds. The zero-order valence-corrected chi connectivity index (χ0v) is 19.6. The van der Waals surface area contributed by atoms with Crippen LogP contribution in [0, 0.1) is 0 Å². The molecule has 2 rings (SSSR count). The molecule has 2 aromatic rings. The van der Waals surface area contributed by atoms with Crippen molar-refractivity contribution in [1.82, 2.24) is 0 Å². The van der Waals surface area contributed by atoms with E-state index in [1.165, 1.54) is 18.4 Å². The van der Waals surface area contributed by atoms with Crippen molar-refractivity contribution in [3.8, 4) is 23.0 Å². The SMILES string of the molecule is CCCCSC(CC=C(C)C)c1cc(OC)c2c(OC)ccc(OC)c2c1OC. The van der Waals surface area contributed by atoms with E-state index in [1.807, 2.05) is 23.9 Å². The van der Waals surface area contributed by atoms with Crippen molar-refractivity contribution in [3.63, 3.8) is 0 Å². The number of benzene rings is 2. The number of unbranched alkanes of at least 4 members (excludes halogenated alkanes) is 1. The molecule has 0 fully saturated rings. The molecule has 160 valence electrons. The number of rotatable bonds is 11. The number of methoxy groups -OCH3 is 4. The lowest BCUT2D eigenvalue weighted by Gasteiger charge is -2.23. The molecular weight excluding hydrogens is 384 g/mol. The Bertz CT molecular complexity index is 841. The zero-order valence-electron chi connectivity index (χ0n) is 18.8. The van der Waals surface area contributed by atoms with Gasteiger partial charge in [0.25, 0.3) is 0 Å².